The van der Waals surface area contributed by atoms with Crippen LogP contribution in [0.15, 0.2) is 23.8 Å². The smallest absolute Gasteiger partial charge is 0.0947 e. The van der Waals surface area contributed by atoms with Crippen LogP contribution < -0.4 is 5.32 Å². The summed E-state index contributed by atoms with van der Waals surface area (Å²) in [6, 6.07) is 2.35. The van der Waals surface area contributed by atoms with Gasteiger partial charge in [0.05, 0.1) is 10.7 Å². The number of hydrogen-bond donors (Lipinski definition) is 1. The molecule has 114 valence electrons. The number of thiazole rings is 1. The zero-order valence-electron chi connectivity index (χ0n) is 13.6. The summed E-state index contributed by atoms with van der Waals surface area (Å²) in [5, 5.41) is 6.94. The van der Waals surface area contributed by atoms with E-state index in [1.165, 1.54) is 21.8 Å². The lowest BCUT2D eigenvalue weighted by Gasteiger charge is -2.19. The van der Waals surface area contributed by atoms with Gasteiger partial charge < -0.3 is 5.32 Å². The van der Waals surface area contributed by atoms with Crippen molar-refractivity contribution in [2.45, 2.75) is 52.5 Å². The molecule has 1 N–H and O–H groups in total. The molecule has 1 atom stereocenters. The van der Waals surface area contributed by atoms with Gasteiger partial charge in [0.25, 0.3) is 0 Å². The van der Waals surface area contributed by atoms with Crippen LogP contribution in [0.2, 0.25) is 0 Å². The van der Waals surface area contributed by atoms with Crippen LogP contribution >= 0.6 is 11.3 Å². The van der Waals surface area contributed by atoms with Crippen LogP contribution in [0.1, 0.15) is 55.6 Å². The van der Waals surface area contributed by atoms with Gasteiger partial charge in [-0.05, 0) is 30.7 Å². The van der Waals surface area contributed by atoms with Crippen LogP contribution in [0.25, 0.3) is 0 Å². The van der Waals surface area contributed by atoms with Gasteiger partial charge >= 0.3 is 0 Å². The summed E-state index contributed by atoms with van der Waals surface area (Å²) in [6.07, 6.45) is 4.74. The van der Waals surface area contributed by atoms with Crippen LogP contribution in [0, 0.1) is 6.92 Å². The lowest BCUT2D eigenvalue weighted by Crippen LogP contribution is -2.24. The maximum Gasteiger partial charge on any atom is 0.0947 e. The minimum atomic E-state index is 0.118. The highest BCUT2D eigenvalue weighted by Crippen LogP contribution is 2.27. The Bertz CT molecular complexity index is 584. The van der Waals surface area contributed by atoms with Gasteiger partial charge in [-0.15, -0.1) is 11.3 Å². The Labute approximate surface area is 131 Å². The van der Waals surface area contributed by atoms with E-state index in [-0.39, 0.29) is 11.5 Å². The van der Waals surface area contributed by atoms with Crippen LogP contribution in [0.5, 0.6) is 0 Å². The lowest BCUT2D eigenvalue weighted by molar-refractivity contribution is 0.536. The summed E-state index contributed by atoms with van der Waals surface area (Å²) in [5.74, 6) is 0. The highest BCUT2D eigenvalue weighted by Gasteiger charge is 2.20. The Morgan fingerprint density at radius 2 is 2.10 bits per heavy atom. The largest absolute Gasteiger partial charge is 0.310 e. The molecular formula is C17H25N3S. The van der Waals surface area contributed by atoms with Gasteiger partial charge in [-0.3, -0.25) is 4.98 Å². The fourth-order valence-corrected chi connectivity index (χ4v) is 3.37. The second kappa shape index (κ2) is 6.67. The molecule has 0 spiro atoms. The van der Waals surface area contributed by atoms with Crippen molar-refractivity contribution in [1.29, 1.82) is 0 Å². The number of rotatable bonds is 5. The van der Waals surface area contributed by atoms with Crippen LogP contribution in [-0.4, -0.2) is 16.5 Å². The maximum absolute atomic E-state index is 4.82. The molecule has 0 bridgehead atoms. The molecule has 2 aromatic rings. The van der Waals surface area contributed by atoms with Gasteiger partial charge in [0.15, 0.2) is 0 Å². The lowest BCUT2D eigenvalue weighted by atomic mass is 9.93. The van der Waals surface area contributed by atoms with E-state index >= 15 is 0 Å². The summed E-state index contributed by atoms with van der Waals surface area (Å²) in [4.78, 5) is 9.09. The molecule has 0 aliphatic carbocycles. The molecular weight excluding hydrogens is 278 g/mol. The van der Waals surface area contributed by atoms with E-state index in [0.717, 1.165) is 13.0 Å². The van der Waals surface area contributed by atoms with Crippen LogP contribution in [0.3, 0.4) is 0 Å². The maximum atomic E-state index is 4.82. The van der Waals surface area contributed by atoms with Gasteiger partial charge in [0.1, 0.15) is 0 Å². The molecule has 1 unspecified atom stereocenters. The quantitative estimate of drug-likeness (QED) is 0.906. The van der Waals surface area contributed by atoms with E-state index in [2.05, 4.69) is 56.4 Å². The Balaban J connectivity index is 2.21. The SMILES string of the molecule is CCNC(Cc1nc(C(C)(C)C)cs1)c1cnccc1C. The highest BCUT2D eigenvalue weighted by atomic mass is 32.1. The topological polar surface area (TPSA) is 37.8 Å². The zero-order valence-corrected chi connectivity index (χ0v) is 14.4. The van der Waals surface area contributed by atoms with Gasteiger partial charge in [0.2, 0.25) is 0 Å². The minimum absolute atomic E-state index is 0.118. The molecule has 3 nitrogen and oxygen atoms in total. The van der Waals surface area contributed by atoms with Gasteiger partial charge in [-0.2, -0.15) is 0 Å². The van der Waals surface area contributed by atoms with Crippen LogP contribution in [-0.2, 0) is 11.8 Å². The molecule has 0 saturated carbocycles. The second-order valence-corrected chi connectivity index (χ2v) is 7.37. The van der Waals surface area contributed by atoms with E-state index in [1.807, 2.05) is 12.4 Å². The first kappa shape index (κ1) is 16.1. The fraction of sp³-hybridized carbons (Fsp3) is 0.529. The molecule has 4 heteroatoms. The minimum Gasteiger partial charge on any atom is -0.310 e. The first-order valence-electron chi connectivity index (χ1n) is 7.50. The Morgan fingerprint density at radius 3 is 2.67 bits per heavy atom. The third kappa shape index (κ3) is 4.11. The Hall–Kier alpha value is -1.26. The molecule has 0 aromatic carbocycles. The van der Waals surface area contributed by atoms with E-state index in [4.69, 9.17) is 4.98 Å². The van der Waals surface area contributed by atoms with Gasteiger partial charge in [0, 0.05) is 35.7 Å². The summed E-state index contributed by atoms with van der Waals surface area (Å²) >= 11 is 1.76. The second-order valence-electron chi connectivity index (χ2n) is 6.42. The number of nitrogens with zero attached hydrogens (tertiary/aromatic N) is 2. The van der Waals surface area contributed by atoms with Crippen molar-refractivity contribution in [3.05, 3.63) is 45.7 Å². The Kier molecular flexibility index (Phi) is 5.12. The molecule has 0 radical (unpaired) electrons. The summed E-state index contributed by atoms with van der Waals surface area (Å²) in [7, 11) is 0. The van der Waals surface area contributed by atoms with Crippen molar-refractivity contribution in [2.75, 3.05) is 6.54 Å². The third-order valence-corrected chi connectivity index (χ3v) is 4.48. The molecule has 21 heavy (non-hydrogen) atoms. The third-order valence-electron chi connectivity index (χ3n) is 3.60. The predicted octanol–water partition coefficient (Wildman–Crippen LogP) is 4.04. The molecule has 0 fully saturated rings. The number of likely N-dealkylation sites (N-methyl/N-ethyl adjacent to an activating group) is 1. The van der Waals surface area contributed by atoms with Gasteiger partial charge in [-0.25, -0.2) is 4.98 Å². The van der Waals surface area contributed by atoms with E-state index in [1.54, 1.807) is 11.3 Å². The van der Waals surface area contributed by atoms with E-state index < -0.39 is 0 Å². The number of aryl methyl sites for hydroxylation is 1. The average Bonchev–Trinajstić information content (AvgIpc) is 2.87. The van der Waals surface area contributed by atoms with Crippen molar-refractivity contribution in [3.8, 4) is 0 Å². The van der Waals surface area contributed by atoms with E-state index in [9.17, 15) is 0 Å². The van der Waals surface area contributed by atoms with E-state index in [0.29, 0.717) is 0 Å². The first-order chi connectivity index (χ1) is 9.91. The monoisotopic (exact) mass is 303 g/mol. The molecule has 0 aliphatic heterocycles. The Morgan fingerprint density at radius 1 is 1.33 bits per heavy atom. The van der Waals surface area contributed by atoms with Crippen molar-refractivity contribution in [1.82, 2.24) is 15.3 Å². The molecule has 0 saturated heterocycles. The number of aromatic nitrogens is 2. The zero-order chi connectivity index (χ0) is 15.5. The average molecular weight is 303 g/mol. The molecule has 2 rings (SSSR count). The molecule has 2 aromatic heterocycles. The number of pyridine rings is 1. The van der Waals surface area contributed by atoms with Crippen molar-refractivity contribution in [3.63, 3.8) is 0 Å². The summed E-state index contributed by atoms with van der Waals surface area (Å²) in [6.45, 7) is 11.8. The van der Waals surface area contributed by atoms with Crippen molar-refractivity contribution >= 4 is 11.3 Å². The number of nitrogens with one attached hydrogen (secondary N) is 1. The normalized spacial score (nSPS) is 13.4. The molecule has 0 amide bonds. The van der Waals surface area contributed by atoms with Crippen molar-refractivity contribution in [2.24, 2.45) is 0 Å². The molecule has 2 heterocycles. The number of hydrogen-bond acceptors (Lipinski definition) is 4. The fourth-order valence-electron chi connectivity index (χ4n) is 2.30. The first-order valence-corrected chi connectivity index (χ1v) is 8.38. The standard InChI is InChI=1S/C17H25N3S/c1-6-19-14(13-10-18-8-7-12(13)2)9-16-20-15(11-21-16)17(3,4)5/h7-8,10-11,14,19H,6,9H2,1-5H3. The molecule has 0 aliphatic rings. The highest BCUT2D eigenvalue weighted by molar-refractivity contribution is 7.09. The van der Waals surface area contributed by atoms with Crippen LogP contribution in [0.4, 0.5) is 0 Å². The summed E-state index contributed by atoms with van der Waals surface area (Å²) < 4.78 is 0. The summed E-state index contributed by atoms with van der Waals surface area (Å²) in [5.41, 5.74) is 3.85. The van der Waals surface area contributed by atoms with Crippen molar-refractivity contribution < 1.29 is 0 Å². The predicted molar refractivity (Wildman–Crippen MR) is 89.9 cm³/mol. The van der Waals surface area contributed by atoms with Gasteiger partial charge in [-0.1, -0.05) is 27.7 Å².